The number of hydrogen-bond donors (Lipinski definition) is 0. The Balaban J connectivity index is 2.29. The number of carbonyl (C=O) groups excluding carboxylic acids is 1. The maximum absolute atomic E-state index is 9.93. The molecule has 0 aromatic heterocycles. The maximum atomic E-state index is 9.93. The first-order valence-corrected chi connectivity index (χ1v) is 4.99. The third-order valence-corrected chi connectivity index (χ3v) is 2.26. The van der Waals surface area contributed by atoms with Gasteiger partial charge in [0.1, 0.15) is 6.29 Å². The normalized spacial score (nSPS) is 8.62. The lowest BCUT2D eigenvalue weighted by Crippen LogP contribution is -1.74. The van der Waals surface area contributed by atoms with Gasteiger partial charge in [-0.3, -0.25) is 0 Å². The summed E-state index contributed by atoms with van der Waals surface area (Å²) in [6.45, 7) is 0. The average Bonchev–Trinajstić information content (AvgIpc) is 2.19. The summed E-state index contributed by atoms with van der Waals surface area (Å²) in [5.41, 5.74) is 0. The van der Waals surface area contributed by atoms with Gasteiger partial charge in [0.25, 0.3) is 0 Å². The zero-order valence-corrected chi connectivity index (χ0v) is 8.01. The van der Waals surface area contributed by atoms with Crippen LogP contribution in [-0.4, -0.2) is 12.0 Å². The molecule has 13 heavy (non-hydrogen) atoms. The molecule has 1 aromatic carbocycles. The summed E-state index contributed by atoms with van der Waals surface area (Å²) < 4.78 is 0. The van der Waals surface area contributed by atoms with Crippen molar-refractivity contribution >= 4 is 18.0 Å². The van der Waals surface area contributed by atoms with Crippen LogP contribution < -0.4 is 0 Å². The summed E-state index contributed by atoms with van der Waals surface area (Å²) in [4.78, 5) is 11.1. The van der Waals surface area contributed by atoms with Crippen LogP contribution in [0.2, 0.25) is 0 Å². The Hall–Kier alpha value is -1.20. The minimum absolute atomic E-state index is 0.343. The van der Waals surface area contributed by atoms with Crippen LogP contribution in [0.4, 0.5) is 0 Å². The van der Waals surface area contributed by atoms with Gasteiger partial charge in [0.2, 0.25) is 0 Å². The highest BCUT2D eigenvalue weighted by Gasteiger charge is 1.87. The van der Waals surface area contributed by atoms with Crippen molar-refractivity contribution in [2.24, 2.45) is 0 Å². The fraction of sp³-hybridized carbons (Fsp3) is 0.182. The van der Waals surface area contributed by atoms with Crippen molar-refractivity contribution in [3.63, 3.8) is 0 Å². The van der Waals surface area contributed by atoms with Crippen molar-refractivity contribution in [1.82, 2.24) is 0 Å². The molecule has 0 aliphatic rings. The Morgan fingerprint density at radius 1 is 1.23 bits per heavy atom. The fourth-order valence-corrected chi connectivity index (χ4v) is 1.49. The average molecular weight is 190 g/mol. The molecule has 0 bridgehead atoms. The van der Waals surface area contributed by atoms with E-state index < -0.39 is 0 Å². The second-order valence-electron chi connectivity index (χ2n) is 2.33. The zero-order chi connectivity index (χ0) is 9.36. The van der Waals surface area contributed by atoms with E-state index in [4.69, 9.17) is 0 Å². The van der Waals surface area contributed by atoms with E-state index in [-0.39, 0.29) is 0 Å². The van der Waals surface area contributed by atoms with E-state index in [1.165, 1.54) is 4.90 Å². The molecule has 0 saturated carbocycles. The highest BCUT2D eigenvalue weighted by molar-refractivity contribution is 7.99. The molecular formula is C11H10OS. The maximum Gasteiger partial charge on any atom is 0.131 e. The standard InChI is InChI=1S/C11H10OS/c12-9-5-2-6-10-13-11-7-3-1-4-8-11/h1,3-4,7-9H,5,10H2. The van der Waals surface area contributed by atoms with Gasteiger partial charge in [-0.15, -0.1) is 11.8 Å². The highest BCUT2D eigenvalue weighted by Crippen LogP contribution is 2.15. The molecule has 0 N–H and O–H groups in total. The van der Waals surface area contributed by atoms with Crippen LogP contribution in [0.25, 0.3) is 0 Å². The summed E-state index contributed by atoms with van der Waals surface area (Å²) >= 11 is 1.68. The number of benzene rings is 1. The van der Waals surface area contributed by atoms with Gasteiger partial charge >= 0.3 is 0 Å². The fourth-order valence-electron chi connectivity index (χ4n) is 0.801. The molecule has 0 saturated heterocycles. The molecule has 1 rings (SSSR count). The molecule has 1 aromatic rings. The number of aldehydes is 1. The summed E-state index contributed by atoms with van der Waals surface area (Å²) in [6.07, 6.45) is 1.16. The first kappa shape index (κ1) is 9.88. The van der Waals surface area contributed by atoms with Gasteiger partial charge in [0, 0.05) is 4.90 Å². The Labute approximate surface area is 82.5 Å². The quantitative estimate of drug-likeness (QED) is 0.413. The molecule has 0 aliphatic carbocycles. The van der Waals surface area contributed by atoms with Gasteiger partial charge in [0.15, 0.2) is 0 Å². The van der Waals surface area contributed by atoms with Gasteiger partial charge < -0.3 is 4.79 Å². The number of rotatable bonds is 3. The molecule has 0 aliphatic heterocycles. The van der Waals surface area contributed by atoms with Crippen molar-refractivity contribution in [2.75, 3.05) is 5.75 Å². The Morgan fingerprint density at radius 3 is 2.69 bits per heavy atom. The first-order chi connectivity index (χ1) is 6.43. The van der Waals surface area contributed by atoms with Gasteiger partial charge in [-0.2, -0.15) is 0 Å². The van der Waals surface area contributed by atoms with Crippen LogP contribution in [0.1, 0.15) is 6.42 Å². The van der Waals surface area contributed by atoms with Crippen LogP contribution in [0.15, 0.2) is 35.2 Å². The van der Waals surface area contributed by atoms with Gasteiger partial charge in [-0.25, -0.2) is 0 Å². The van der Waals surface area contributed by atoms with Gasteiger partial charge in [0.05, 0.1) is 12.2 Å². The highest BCUT2D eigenvalue weighted by atomic mass is 32.2. The predicted octanol–water partition coefficient (Wildman–Crippen LogP) is 2.37. The van der Waals surface area contributed by atoms with E-state index >= 15 is 0 Å². The molecule has 0 radical (unpaired) electrons. The molecule has 1 nitrogen and oxygen atoms in total. The first-order valence-electron chi connectivity index (χ1n) is 4.00. The lowest BCUT2D eigenvalue weighted by Gasteiger charge is -1.93. The molecular weight excluding hydrogens is 180 g/mol. The van der Waals surface area contributed by atoms with E-state index in [1.54, 1.807) is 11.8 Å². The lowest BCUT2D eigenvalue weighted by molar-refractivity contribution is -0.107. The molecule has 66 valence electrons. The minimum atomic E-state index is 0.343. The summed E-state index contributed by atoms with van der Waals surface area (Å²) in [5, 5.41) is 0. The Morgan fingerprint density at radius 2 is 2.00 bits per heavy atom. The number of carbonyl (C=O) groups is 1. The summed E-state index contributed by atoms with van der Waals surface area (Å²) in [6, 6.07) is 10.1. The van der Waals surface area contributed by atoms with Crippen LogP contribution >= 0.6 is 11.8 Å². The monoisotopic (exact) mass is 190 g/mol. The van der Waals surface area contributed by atoms with Gasteiger partial charge in [-0.1, -0.05) is 30.0 Å². The van der Waals surface area contributed by atoms with E-state index in [9.17, 15) is 4.79 Å². The minimum Gasteiger partial charge on any atom is -0.302 e. The van der Waals surface area contributed by atoms with E-state index in [0.717, 1.165) is 12.0 Å². The third-order valence-electron chi connectivity index (χ3n) is 1.36. The third kappa shape index (κ3) is 4.39. The van der Waals surface area contributed by atoms with E-state index in [1.807, 2.05) is 30.3 Å². The van der Waals surface area contributed by atoms with Crippen LogP contribution in [0.3, 0.4) is 0 Å². The van der Waals surface area contributed by atoms with E-state index in [0.29, 0.717) is 6.42 Å². The molecule has 0 heterocycles. The molecule has 2 heteroatoms. The van der Waals surface area contributed by atoms with Crippen molar-refractivity contribution in [1.29, 1.82) is 0 Å². The lowest BCUT2D eigenvalue weighted by atomic mass is 10.4. The molecule has 0 fully saturated rings. The largest absolute Gasteiger partial charge is 0.302 e. The zero-order valence-electron chi connectivity index (χ0n) is 7.19. The van der Waals surface area contributed by atoms with Crippen LogP contribution in [-0.2, 0) is 4.79 Å². The number of thioether (sulfide) groups is 1. The van der Waals surface area contributed by atoms with Crippen molar-refractivity contribution < 1.29 is 4.79 Å². The Bertz CT molecular complexity index is 308. The topological polar surface area (TPSA) is 17.1 Å². The second kappa shape index (κ2) is 6.33. The van der Waals surface area contributed by atoms with Crippen molar-refractivity contribution in [2.45, 2.75) is 11.3 Å². The summed E-state index contributed by atoms with van der Waals surface area (Å²) in [5.74, 6) is 6.43. The van der Waals surface area contributed by atoms with Gasteiger partial charge in [-0.05, 0) is 12.1 Å². The van der Waals surface area contributed by atoms with Crippen LogP contribution in [0.5, 0.6) is 0 Å². The summed E-state index contributed by atoms with van der Waals surface area (Å²) in [7, 11) is 0. The van der Waals surface area contributed by atoms with Crippen molar-refractivity contribution in [3.05, 3.63) is 30.3 Å². The molecule has 0 spiro atoms. The molecule has 0 unspecified atom stereocenters. The van der Waals surface area contributed by atoms with Crippen LogP contribution in [0, 0.1) is 11.8 Å². The number of hydrogen-bond acceptors (Lipinski definition) is 2. The molecule has 0 amide bonds. The second-order valence-corrected chi connectivity index (χ2v) is 3.37. The Kier molecular flexibility index (Phi) is 4.81. The smallest absolute Gasteiger partial charge is 0.131 e. The SMILES string of the molecule is O=CCC#CCSc1ccccc1. The molecule has 0 atom stereocenters. The van der Waals surface area contributed by atoms with Crippen molar-refractivity contribution in [3.8, 4) is 11.8 Å². The predicted molar refractivity (Wildman–Crippen MR) is 55.6 cm³/mol. The van der Waals surface area contributed by atoms with E-state index in [2.05, 4.69) is 11.8 Å².